The van der Waals surface area contributed by atoms with E-state index >= 15 is 0 Å². The molecule has 1 N–H and O–H groups in total. The second kappa shape index (κ2) is 9.46. The van der Waals surface area contributed by atoms with Gasteiger partial charge in [-0.3, -0.25) is 9.58 Å². The highest BCUT2D eigenvalue weighted by molar-refractivity contribution is 7.11. The molecule has 1 saturated heterocycles. The van der Waals surface area contributed by atoms with Crippen LogP contribution in [0, 0.1) is 12.7 Å². The minimum Gasteiger partial charge on any atom is -0.490 e. The summed E-state index contributed by atoms with van der Waals surface area (Å²) in [6, 6.07) is 8.47. The van der Waals surface area contributed by atoms with Crippen molar-refractivity contribution in [3.8, 4) is 5.75 Å². The molecule has 1 fully saturated rings. The molecule has 0 spiro atoms. The van der Waals surface area contributed by atoms with E-state index in [4.69, 9.17) is 9.72 Å². The highest BCUT2D eigenvalue weighted by Gasteiger charge is 2.35. The first kappa shape index (κ1) is 21.9. The molecule has 1 atom stereocenters. The van der Waals surface area contributed by atoms with Crippen LogP contribution < -0.4 is 4.74 Å². The molecule has 0 saturated carbocycles. The Morgan fingerprint density at radius 3 is 2.84 bits per heavy atom. The van der Waals surface area contributed by atoms with Crippen LogP contribution in [0.3, 0.4) is 0 Å². The van der Waals surface area contributed by atoms with Crippen molar-refractivity contribution in [2.45, 2.75) is 44.8 Å². The van der Waals surface area contributed by atoms with E-state index in [1.165, 1.54) is 11.8 Å². The van der Waals surface area contributed by atoms with E-state index in [9.17, 15) is 9.50 Å². The Hall–Kier alpha value is -2.29. The zero-order valence-corrected chi connectivity index (χ0v) is 18.9. The third-order valence-corrected chi connectivity index (χ3v) is 7.34. The highest BCUT2D eigenvalue weighted by Crippen LogP contribution is 2.37. The van der Waals surface area contributed by atoms with Crippen molar-refractivity contribution >= 4 is 11.3 Å². The van der Waals surface area contributed by atoms with Crippen molar-refractivity contribution < 1.29 is 14.2 Å². The zero-order valence-electron chi connectivity index (χ0n) is 18.1. The van der Waals surface area contributed by atoms with Gasteiger partial charge in [-0.05, 0) is 50.9 Å². The van der Waals surface area contributed by atoms with Crippen LogP contribution in [-0.4, -0.2) is 44.5 Å². The molecule has 0 radical (unpaired) electrons. The lowest BCUT2D eigenvalue weighted by Crippen LogP contribution is -2.29. The molecule has 6 nitrogen and oxygen atoms in total. The summed E-state index contributed by atoms with van der Waals surface area (Å²) in [4.78, 5) is 8.17. The molecule has 3 heterocycles. The van der Waals surface area contributed by atoms with Gasteiger partial charge in [-0.25, -0.2) is 9.37 Å². The molecular weight excluding hydrogens is 415 g/mol. The lowest BCUT2D eigenvalue weighted by Gasteiger charge is -2.24. The van der Waals surface area contributed by atoms with Crippen LogP contribution in [0.2, 0.25) is 0 Å². The molecule has 2 aromatic heterocycles. The number of aliphatic hydroxyl groups is 1. The molecule has 0 aliphatic carbocycles. The largest absolute Gasteiger partial charge is 0.490 e. The third-order valence-electron chi connectivity index (χ3n) is 5.93. The van der Waals surface area contributed by atoms with Gasteiger partial charge < -0.3 is 9.84 Å². The number of rotatable bonds is 7. The lowest BCUT2D eigenvalue weighted by atomic mass is 9.96. The van der Waals surface area contributed by atoms with Gasteiger partial charge in [0.2, 0.25) is 0 Å². The van der Waals surface area contributed by atoms with Crippen LogP contribution in [0.5, 0.6) is 5.75 Å². The average Bonchev–Trinajstić information content (AvgIpc) is 3.27. The van der Waals surface area contributed by atoms with Gasteiger partial charge in [0, 0.05) is 37.6 Å². The van der Waals surface area contributed by atoms with Gasteiger partial charge >= 0.3 is 0 Å². The van der Waals surface area contributed by atoms with Crippen molar-refractivity contribution in [2.75, 3.05) is 19.7 Å². The van der Waals surface area contributed by atoms with Crippen LogP contribution in [0.25, 0.3) is 0 Å². The summed E-state index contributed by atoms with van der Waals surface area (Å²) in [5.74, 6) is -0.0894. The first-order chi connectivity index (χ1) is 14.9. The van der Waals surface area contributed by atoms with E-state index in [1.54, 1.807) is 29.5 Å². The number of nitrogens with zero attached hydrogens (tertiary/aromatic N) is 4. The summed E-state index contributed by atoms with van der Waals surface area (Å²) in [7, 11) is 1.96. The SMILES string of the molecule is Cc1nc([C@]2(O)CCCN(Cc3ccnn3C)CC2)sc1CCOc1ccccc1F. The molecule has 0 unspecified atom stereocenters. The Kier molecular flexibility index (Phi) is 6.69. The molecule has 4 rings (SSSR count). The molecule has 0 bridgehead atoms. The second-order valence-corrected chi connectivity index (χ2v) is 9.25. The number of hydrogen-bond acceptors (Lipinski definition) is 6. The Labute approximate surface area is 186 Å². The van der Waals surface area contributed by atoms with E-state index < -0.39 is 5.60 Å². The Morgan fingerprint density at radius 1 is 1.23 bits per heavy atom. The van der Waals surface area contributed by atoms with Gasteiger partial charge in [0.05, 0.1) is 18.0 Å². The predicted octanol–water partition coefficient (Wildman–Crippen LogP) is 3.82. The number of hydrogen-bond donors (Lipinski definition) is 1. The molecule has 166 valence electrons. The Balaban J connectivity index is 1.37. The summed E-state index contributed by atoms with van der Waals surface area (Å²) in [6.45, 7) is 4.93. The van der Waals surface area contributed by atoms with Gasteiger partial charge in [-0.2, -0.15) is 5.10 Å². The number of benzene rings is 1. The maximum Gasteiger partial charge on any atom is 0.165 e. The fraction of sp³-hybridized carbons (Fsp3) is 0.478. The molecule has 1 aliphatic rings. The Morgan fingerprint density at radius 2 is 2.06 bits per heavy atom. The first-order valence-corrected chi connectivity index (χ1v) is 11.5. The summed E-state index contributed by atoms with van der Waals surface area (Å²) < 4.78 is 21.2. The normalized spacial score (nSPS) is 20.0. The number of halogens is 1. The highest BCUT2D eigenvalue weighted by atomic mass is 32.1. The van der Waals surface area contributed by atoms with E-state index in [1.807, 2.05) is 30.9 Å². The second-order valence-electron chi connectivity index (χ2n) is 8.16. The van der Waals surface area contributed by atoms with E-state index in [2.05, 4.69) is 10.00 Å². The van der Waals surface area contributed by atoms with E-state index in [-0.39, 0.29) is 11.6 Å². The molecule has 3 aromatic rings. The zero-order chi connectivity index (χ0) is 21.8. The number of ether oxygens (including phenoxy) is 1. The summed E-state index contributed by atoms with van der Waals surface area (Å²) in [6.07, 6.45) is 4.73. The standard InChI is InChI=1S/C23H29FN4O2S/c1-17-21(9-15-30-20-7-4-3-6-19(20)24)31-22(26-17)23(29)10-5-13-28(14-11-23)16-18-8-12-25-27(18)2/h3-4,6-8,12,29H,5,9-11,13-16H2,1-2H3/t23-/m0/s1. The predicted molar refractivity (Wildman–Crippen MR) is 119 cm³/mol. The van der Waals surface area contributed by atoms with Gasteiger partial charge in [-0.15, -0.1) is 11.3 Å². The minimum absolute atomic E-state index is 0.265. The number of para-hydroxylation sites is 1. The molecule has 0 amide bonds. The minimum atomic E-state index is -0.902. The van der Waals surface area contributed by atoms with Gasteiger partial charge in [0.25, 0.3) is 0 Å². The van der Waals surface area contributed by atoms with Crippen molar-refractivity contribution in [3.05, 3.63) is 63.6 Å². The summed E-state index contributed by atoms with van der Waals surface area (Å²) >= 11 is 1.56. The molecule has 1 aliphatic heterocycles. The number of likely N-dealkylation sites (tertiary alicyclic amines) is 1. The molecule has 1 aromatic carbocycles. The number of thiazole rings is 1. The first-order valence-electron chi connectivity index (χ1n) is 10.7. The van der Waals surface area contributed by atoms with Crippen molar-refractivity contribution in [1.29, 1.82) is 0 Å². The molecular formula is C23H29FN4O2S. The fourth-order valence-corrected chi connectivity index (χ4v) is 5.20. The van der Waals surface area contributed by atoms with Gasteiger partial charge in [0.1, 0.15) is 10.6 Å². The quantitative estimate of drug-likeness (QED) is 0.600. The van der Waals surface area contributed by atoms with Crippen molar-refractivity contribution in [1.82, 2.24) is 19.7 Å². The average molecular weight is 445 g/mol. The van der Waals surface area contributed by atoms with Crippen LogP contribution in [0.15, 0.2) is 36.5 Å². The van der Waals surface area contributed by atoms with Crippen LogP contribution in [0.1, 0.15) is 40.5 Å². The van der Waals surface area contributed by atoms with Crippen LogP contribution in [-0.2, 0) is 25.6 Å². The van der Waals surface area contributed by atoms with Crippen molar-refractivity contribution in [3.63, 3.8) is 0 Å². The Bertz CT molecular complexity index is 1020. The monoisotopic (exact) mass is 444 g/mol. The van der Waals surface area contributed by atoms with Gasteiger partial charge in [-0.1, -0.05) is 12.1 Å². The molecule has 8 heteroatoms. The lowest BCUT2D eigenvalue weighted by molar-refractivity contribution is 0.0206. The molecule has 31 heavy (non-hydrogen) atoms. The van der Waals surface area contributed by atoms with Gasteiger partial charge in [0.15, 0.2) is 11.6 Å². The summed E-state index contributed by atoms with van der Waals surface area (Å²) in [5.41, 5.74) is 1.19. The van der Waals surface area contributed by atoms with E-state index in [0.717, 1.165) is 41.6 Å². The topological polar surface area (TPSA) is 63.4 Å². The van der Waals surface area contributed by atoms with Crippen LogP contribution in [0.4, 0.5) is 4.39 Å². The van der Waals surface area contributed by atoms with Crippen LogP contribution >= 0.6 is 11.3 Å². The smallest absolute Gasteiger partial charge is 0.165 e. The van der Waals surface area contributed by atoms with E-state index in [0.29, 0.717) is 25.9 Å². The fourth-order valence-electron chi connectivity index (χ4n) is 4.01. The number of aryl methyl sites for hydroxylation is 2. The maximum absolute atomic E-state index is 13.7. The number of aromatic nitrogens is 3. The van der Waals surface area contributed by atoms with Crippen molar-refractivity contribution in [2.24, 2.45) is 7.05 Å². The summed E-state index contributed by atoms with van der Waals surface area (Å²) in [5, 5.41) is 16.5. The third kappa shape index (κ3) is 5.14. The maximum atomic E-state index is 13.7.